The fraction of sp³-hybridized carbons (Fsp3) is 0.476. The summed E-state index contributed by atoms with van der Waals surface area (Å²) in [5, 5.41) is 21.3. The van der Waals surface area contributed by atoms with E-state index in [2.05, 4.69) is 17.4 Å². The first-order valence-electron chi connectivity index (χ1n) is 9.72. The molecule has 2 saturated carbocycles. The standard InChI is InChI=1S/C21H24N2O5/c24-16-10-21(8-1-9-21)23(20(28)18(16)19(27)22-11-17(25)26)12-13-2-4-14(5-3-13)15-6-7-15/h2-5,15,24H,1,6-12H2,(H,22,27)(H,25,26). The topological polar surface area (TPSA) is 107 Å². The molecule has 0 aromatic heterocycles. The minimum Gasteiger partial charge on any atom is -0.511 e. The third-order valence-corrected chi connectivity index (χ3v) is 6.10. The number of hydrogen-bond donors (Lipinski definition) is 3. The van der Waals surface area contributed by atoms with Crippen LogP contribution in [0.5, 0.6) is 0 Å². The van der Waals surface area contributed by atoms with Crippen molar-refractivity contribution >= 4 is 17.8 Å². The highest BCUT2D eigenvalue weighted by molar-refractivity contribution is 6.19. The largest absolute Gasteiger partial charge is 0.511 e. The van der Waals surface area contributed by atoms with Crippen molar-refractivity contribution in [2.75, 3.05) is 6.54 Å². The summed E-state index contributed by atoms with van der Waals surface area (Å²) in [6.07, 6.45) is 5.23. The molecule has 0 saturated heterocycles. The van der Waals surface area contributed by atoms with Gasteiger partial charge in [0, 0.05) is 13.0 Å². The fourth-order valence-corrected chi connectivity index (χ4v) is 4.21. The molecule has 0 unspecified atom stereocenters. The van der Waals surface area contributed by atoms with Gasteiger partial charge >= 0.3 is 5.97 Å². The summed E-state index contributed by atoms with van der Waals surface area (Å²) in [7, 11) is 0. The monoisotopic (exact) mass is 384 g/mol. The molecule has 28 heavy (non-hydrogen) atoms. The van der Waals surface area contributed by atoms with Gasteiger partial charge in [0.2, 0.25) is 0 Å². The first-order chi connectivity index (χ1) is 13.4. The molecule has 2 amide bonds. The zero-order valence-electron chi connectivity index (χ0n) is 15.6. The maximum atomic E-state index is 13.1. The van der Waals surface area contributed by atoms with E-state index in [9.17, 15) is 19.5 Å². The summed E-state index contributed by atoms with van der Waals surface area (Å²) in [6.45, 7) is -0.233. The van der Waals surface area contributed by atoms with Crippen LogP contribution in [-0.4, -0.2) is 45.0 Å². The molecule has 2 aliphatic carbocycles. The highest BCUT2D eigenvalue weighted by Crippen LogP contribution is 2.47. The van der Waals surface area contributed by atoms with Crippen molar-refractivity contribution < 1.29 is 24.6 Å². The lowest BCUT2D eigenvalue weighted by Gasteiger charge is -2.52. The molecule has 7 nitrogen and oxygen atoms in total. The molecule has 0 bridgehead atoms. The van der Waals surface area contributed by atoms with Crippen LogP contribution in [0.15, 0.2) is 35.6 Å². The molecule has 3 N–H and O–H groups in total. The molecule has 7 heteroatoms. The number of carbonyl (C=O) groups excluding carboxylic acids is 2. The van der Waals surface area contributed by atoms with Crippen molar-refractivity contribution in [1.29, 1.82) is 0 Å². The van der Waals surface area contributed by atoms with Crippen molar-refractivity contribution in [2.24, 2.45) is 0 Å². The summed E-state index contributed by atoms with van der Waals surface area (Å²) in [5.74, 6) is -2.16. The van der Waals surface area contributed by atoms with Gasteiger partial charge in [-0.05, 0) is 49.1 Å². The molecular formula is C21H24N2O5. The molecule has 0 radical (unpaired) electrons. The quantitative estimate of drug-likeness (QED) is 0.652. The molecule has 1 aromatic rings. The predicted molar refractivity (Wildman–Crippen MR) is 100 cm³/mol. The highest BCUT2D eigenvalue weighted by atomic mass is 16.4. The second-order valence-corrected chi connectivity index (χ2v) is 8.06. The minimum absolute atomic E-state index is 0.231. The van der Waals surface area contributed by atoms with Crippen LogP contribution in [0.25, 0.3) is 0 Å². The molecule has 1 spiro atoms. The van der Waals surface area contributed by atoms with Gasteiger partial charge in [-0.25, -0.2) is 0 Å². The Morgan fingerprint density at radius 3 is 2.39 bits per heavy atom. The van der Waals surface area contributed by atoms with Crippen molar-refractivity contribution in [3.63, 3.8) is 0 Å². The Balaban J connectivity index is 1.56. The molecule has 0 atom stereocenters. The van der Waals surface area contributed by atoms with Crippen LogP contribution in [0, 0.1) is 0 Å². The van der Waals surface area contributed by atoms with Crippen molar-refractivity contribution in [2.45, 2.75) is 56.5 Å². The van der Waals surface area contributed by atoms with Gasteiger partial charge in [-0.3, -0.25) is 14.4 Å². The minimum atomic E-state index is -1.21. The molecule has 1 aliphatic heterocycles. The van der Waals surface area contributed by atoms with Gasteiger partial charge in [0.05, 0.1) is 5.54 Å². The number of hydrogen-bond acceptors (Lipinski definition) is 4. The number of carbonyl (C=O) groups is 3. The average Bonchev–Trinajstić information content (AvgIpc) is 3.46. The Hall–Kier alpha value is -2.83. The number of amides is 2. The fourth-order valence-electron chi connectivity index (χ4n) is 4.21. The highest BCUT2D eigenvalue weighted by Gasteiger charge is 2.51. The summed E-state index contributed by atoms with van der Waals surface area (Å²) in [5.41, 5.74) is 1.51. The second-order valence-electron chi connectivity index (χ2n) is 8.06. The first-order valence-corrected chi connectivity index (χ1v) is 9.72. The Labute approximate surface area is 163 Å². The number of benzene rings is 1. The van der Waals surface area contributed by atoms with Gasteiger partial charge in [-0.15, -0.1) is 0 Å². The summed E-state index contributed by atoms with van der Waals surface area (Å²) in [6, 6.07) is 8.25. The molecule has 4 rings (SSSR count). The van der Waals surface area contributed by atoms with Crippen molar-refractivity contribution in [3.05, 3.63) is 46.7 Å². The average molecular weight is 384 g/mol. The van der Waals surface area contributed by atoms with Gasteiger partial charge in [0.25, 0.3) is 11.8 Å². The normalized spacial score (nSPS) is 20.9. The summed E-state index contributed by atoms with van der Waals surface area (Å²) < 4.78 is 0. The van der Waals surface area contributed by atoms with E-state index < -0.39 is 29.9 Å². The van der Waals surface area contributed by atoms with Crippen LogP contribution >= 0.6 is 0 Å². The second kappa shape index (κ2) is 6.96. The molecule has 1 heterocycles. The number of aliphatic carboxylic acids is 1. The Morgan fingerprint density at radius 2 is 1.86 bits per heavy atom. The third-order valence-electron chi connectivity index (χ3n) is 6.10. The molecule has 2 fully saturated rings. The van der Waals surface area contributed by atoms with Crippen LogP contribution < -0.4 is 5.32 Å². The van der Waals surface area contributed by atoms with Gasteiger partial charge in [-0.2, -0.15) is 0 Å². The number of carboxylic acid groups (broad SMARTS) is 1. The Kier molecular flexibility index (Phi) is 4.61. The van der Waals surface area contributed by atoms with E-state index in [4.69, 9.17) is 5.11 Å². The van der Waals surface area contributed by atoms with Crippen LogP contribution in [0.3, 0.4) is 0 Å². The number of nitrogens with zero attached hydrogens (tertiary/aromatic N) is 1. The summed E-state index contributed by atoms with van der Waals surface area (Å²) in [4.78, 5) is 37.8. The van der Waals surface area contributed by atoms with Gasteiger partial charge in [0.1, 0.15) is 17.9 Å². The van der Waals surface area contributed by atoms with E-state index >= 15 is 0 Å². The zero-order chi connectivity index (χ0) is 19.9. The van der Waals surface area contributed by atoms with Crippen LogP contribution in [0.1, 0.15) is 55.6 Å². The Morgan fingerprint density at radius 1 is 1.18 bits per heavy atom. The zero-order valence-corrected chi connectivity index (χ0v) is 15.6. The maximum absolute atomic E-state index is 13.1. The van der Waals surface area contributed by atoms with Gasteiger partial charge < -0.3 is 20.4 Å². The SMILES string of the molecule is O=C(O)CNC(=O)C1=C(O)CC2(CCC2)N(Cc2ccc(C3CC3)cc2)C1=O. The smallest absolute Gasteiger partial charge is 0.322 e. The van der Waals surface area contributed by atoms with E-state index in [1.54, 1.807) is 4.90 Å². The number of nitrogens with one attached hydrogen (secondary N) is 1. The lowest BCUT2D eigenvalue weighted by molar-refractivity contribution is -0.144. The third kappa shape index (κ3) is 3.37. The summed E-state index contributed by atoms with van der Waals surface area (Å²) >= 11 is 0. The number of rotatable bonds is 6. The first kappa shape index (κ1) is 18.5. The number of aliphatic hydroxyl groups excluding tert-OH is 1. The molecule has 148 valence electrons. The maximum Gasteiger partial charge on any atom is 0.322 e. The lowest BCUT2D eigenvalue weighted by atomic mass is 9.70. The van der Waals surface area contributed by atoms with Crippen molar-refractivity contribution in [3.8, 4) is 0 Å². The lowest BCUT2D eigenvalue weighted by Crippen LogP contribution is -2.60. The molecule has 1 aromatic carbocycles. The van der Waals surface area contributed by atoms with E-state index in [1.165, 1.54) is 18.4 Å². The predicted octanol–water partition coefficient (Wildman–Crippen LogP) is 2.23. The van der Waals surface area contributed by atoms with E-state index in [0.717, 1.165) is 24.8 Å². The van der Waals surface area contributed by atoms with E-state index in [1.807, 2.05) is 12.1 Å². The number of carboxylic acids is 1. The molecular weight excluding hydrogens is 360 g/mol. The van der Waals surface area contributed by atoms with Crippen LogP contribution in [-0.2, 0) is 20.9 Å². The van der Waals surface area contributed by atoms with Gasteiger partial charge in [0.15, 0.2) is 0 Å². The number of aliphatic hydroxyl groups is 1. The van der Waals surface area contributed by atoms with Crippen molar-refractivity contribution in [1.82, 2.24) is 10.2 Å². The van der Waals surface area contributed by atoms with Crippen LogP contribution in [0.2, 0.25) is 0 Å². The Bertz CT molecular complexity index is 850. The van der Waals surface area contributed by atoms with E-state index in [-0.39, 0.29) is 17.8 Å². The van der Waals surface area contributed by atoms with Gasteiger partial charge in [-0.1, -0.05) is 24.3 Å². The molecule has 3 aliphatic rings. The van der Waals surface area contributed by atoms with E-state index in [0.29, 0.717) is 12.5 Å². The van der Waals surface area contributed by atoms with Crippen LogP contribution in [0.4, 0.5) is 0 Å².